The lowest BCUT2D eigenvalue weighted by Crippen LogP contribution is -2.02. The third-order valence-corrected chi connectivity index (χ3v) is 11.1. The molecule has 0 bridgehead atoms. The lowest BCUT2D eigenvalue weighted by Gasteiger charge is -2.02. The molecule has 10 rings (SSSR count). The predicted octanol–water partition coefficient (Wildman–Crippen LogP) is 12.3. The number of hydrogen-bond acceptors (Lipinski definition) is 11. The fourth-order valence-corrected chi connectivity index (χ4v) is 7.97. The molecule has 0 fully saturated rings. The summed E-state index contributed by atoms with van der Waals surface area (Å²) in [7, 11) is 0. The van der Waals surface area contributed by atoms with Gasteiger partial charge in [0.15, 0.2) is 11.5 Å². The van der Waals surface area contributed by atoms with E-state index in [0.717, 1.165) is 64.0 Å². The van der Waals surface area contributed by atoms with E-state index in [1.807, 2.05) is 140 Å². The number of nitrogens with zero attached hydrogens (tertiary/aromatic N) is 4. The molecule has 10 aromatic rings. The van der Waals surface area contributed by atoms with Gasteiger partial charge in [0.05, 0.1) is 20.4 Å². The Morgan fingerprint density at radius 3 is 1.59 bits per heavy atom. The molecule has 0 aliphatic carbocycles. The van der Waals surface area contributed by atoms with E-state index in [1.165, 1.54) is 0 Å². The van der Waals surface area contributed by atoms with E-state index in [2.05, 4.69) is 19.9 Å². The van der Waals surface area contributed by atoms with Crippen molar-refractivity contribution in [2.24, 2.45) is 0 Å². The number of ketones is 1. The number of Topliss-reactive ketones (excluding diaryl/α,β-unsaturated/α-hetero) is 1. The molecular formula is C47H32ClN5O4S2. The molecule has 0 aliphatic rings. The number of benzene rings is 4. The first-order valence-electron chi connectivity index (χ1n) is 18.3. The molecule has 0 amide bonds. The number of rotatable bonds is 8. The number of fused-ring (bicyclic) bond motifs is 2. The molecule has 6 heterocycles. The first-order chi connectivity index (χ1) is 28.9. The maximum absolute atomic E-state index is 12.7. The Labute approximate surface area is 351 Å². The third kappa shape index (κ3) is 9.57. The van der Waals surface area contributed by atoms with Crippen LogP contribution in [0, 0.1) is 0 Å². The van der Waals surface area contributed by atoms with Gasteiger partial charge in [-0.1, -0.05) is 91.0 Å². The fourth-order valence-electron chi connectivity index (χ4n) is 6.01. The van der Waals surface area contributed by atoms with Gasteiger partial charge >= 0.3 is 0 Å². The van der Waals surface area contributed by atoms with E-state index in [4.69, 9.17) is 26.2 Å². The highest BCUT2D eigenvalue weighted by Crippen LogP contribution is 2.32. The van der Waals surface area contributed by atoms with Crippen molar-refractivity contribution in [3.8, 4) is 43.8 Å². The molecule has 4 aromatic carbocycles. The van der Waals surface area contributed by atoms with Gasteiger partial charge < -0.3 is 14.6 Å². The van der Waals surface area contributed by atoms with Crippen molar-refractivity contribution < 1.29 is 18.4 Å². The maximum atomic E-state index is 12.7. The SMILES string of the molecule is Nc1cccc(-c2nc3ccncc3s2)c1.O=C(Cc1cccc(-c2nc3ccncc3s2)c1)c1ccc(-c2ccccc2)o1.O=C(Cl)c1ccc(-c2ccccc2)o1. The van der Waals surface area contributed by atoms with Crippen LogP contribution in [-0.2, 0) is 6.42 Å². The van der Waals surface area contributed by atoms with Crippen LogP contribution in [0.15, 0.2) is 179 Å². The average Bonchev–Trinajstić information content (AvgIpc) is 4.11. The Morgan fingerprint density at radius 1 is 0.559 bits per heavy atom. The largest absolute Gasteiger partial charge is 0.453 e. The number of hydrogen-bond donors (Lipinski definition) is 1. The van der Waals surface area contributed by atoms with Crippen molar-refractivity contribution >= 4 is 71.4 Å². The number of nitrogen functional groups attached to an aromatic ring is 1. The average molecular weight is 830 g/mol. The fraction of sp³-hybridized carbons (Fsp3) is 0.0213. The van der Waals surface area contributed by atoms with Crippen LogP contribution in [0.2, 0.25) is 0 Å². The van der Waals surface area contributed by atoms with Crippen LogP contribution in [0.5, 0.6) is 0 Å². The molecule has 0 radical (unpaired) electrons. The molecule has 0 unspecified atom stereocenters. The van der Waals surface area contributed by atoms with Crippen molar-refractivity contribution in [3.63, 3.8) is 0 Å². The van der Waals surface area contributed by atoms with Crippen LogP contribution in [0.25, 0.3) is 64.2 Å². The van der Waals surface area contributed by atoms with E-state index in [1.54, 1.807) is 53.3 Å². The van der Waals surface area contributed by atoms with Gasteiger partial charge in [-0.2, -0.15) is 0 Å². The number of halogens is 1. The highest BCUT2D eigenvalue weighted by Gasteiger charge is 2.15. The van der Waals surface area contributed by atoms with E-state index in [9.17, 15) is 9.59 Å². The van der Waals surface area contributed by atoms with Gasteiger partial charge in [-0.05, 0) is 71.8 Å². The van der Waals surface area contributed by atoms with Crippen molar-refractivity contribution in [3.05, 3.63) is 187 Å². The van der Waals surface area contributed by atoms with E-state index in [-0.39, 0.29) is 18.0 Å². The zero-order valence-electron chi connectivity index (χ0n) is 31.1. The minimum atomic E-state index is -0.577. The number of aromatic nitrogens is 4. The summed E-state index contributed by atoms with van der Waals surface area (Å²) in [4.78, 5) is 40.9. The molecule has 12 heteroatoms. The van der Waals surface area contributed by atoms with Gasteiger partial charge in [0.1, 0.15) is 21.5 Å². The highest BCUT2D eigenvalue weighted by atomic mass is 35.5. The molecule has 0 saturated heterocycles. The Bertz CT molecular complexity index is 2950. The Kier molecular flexibility index (Phi) is 11.9. The molecule has 0 aliphatic heterocycles. The number of carbonyl (C=O) groups excluding carboxylic acids is 2. The minimum Gasteiger partial charge on any atom is -0.453 e. The second-order valence-corrected chi connectivity index (χ2v) is 15.4. The summed E-state index contributed by atoms with van der Waals surface area (Å²) in [5, 5.41) is 1.33. The summed E-state index contributed by atoms with van der Waals surface area (Å²) in [6.07, 6.45) is 7.44. The van der Waals surface area contributed by atoms with Gasteiger partial charge in [-0.3, -0.25) is 19.6 Å². The van der Waals surface area contributed by atoms with Gasteiger partial charge in [0, 0.05) is 59.1 Å². The van der Waals surface area contributed by atoms with Crippen LogP contribution in [-0.4, -0.2) is 31.0 Å². The molecule has 0 atom stereocenters. The predicted molar refractivity (Wildman–Crippen MR) is 237 cm³/mol. The van der Waals surface area contributed by atoms with Crippen LogP contribution < -0.4 is 5.73 Å². The van der Waals surface area contributed by atoms with Crippen LogP contribution >= 0.6 is 34.3 Å². The summed E-state index contributed by atoms with van der Waals surface area (Å²) in [5.41, 5.74) is 13.3. The normalized spacial score (nSPS) is 10.7. The number of furan rings is 2. The van der Waals surface area contributed by atoms with Crippen LogP contribution in [0.1, 0.15) is 26.7 Å². The lowest BCUT2D eigenvalue weighted by atomic mass is 10.0. The van der Waals surface area contributed by atoms with Gasteiger partial charge in [-0.15, -0.1) is 22.7 Å². The van der Waals surface area contributed by atoms with Gasteiger partial charge in [0.25, 0.3) is 5.24 Å². The Balaban J connectivity index is 0.000000136. The molecule has 9 nitrogen and oxygen atoms in total. The molecular weight excluding hydrogens is 798 g/mol. The standard InChI is InChI=1S/C24H16N2O2S.C12H9N3S.C11H7ClO2/c27-20(22-10-9-21(28-22)17-6-2-1-3-7-17)14-16-5-4-8-18(13-16)24-26-19-11-12-25-15-23(19)29-24;13-9-3-1-2-8(6-9)12-15-10-4-5-14-7-11(10)16-12;12-11(13)10-7-6-9(14-10)8-4-2-1-3-5-8/h1-13,15H,14H2;1-7H,13H2;1-7H. The van der Waals surface area contributed by atoms with Gasteiger partial charge in [0.2, 0.25) is 5.78 Å². The smallest absolute Gasteiger partial charge is 0.287 e. The lowest BCUT2D eigenvalue weighted by molar-refractivity contribution is 0.0966. The first-order valence-corrected chi connectivity index (χ1v) is 20.3. The number of thiazole rings is 2. The van der Waals surface area contributed by atoms with Crippen molar-refractivity contribution in [1.29, 1.82) is 0 Å². The summed E-state index contributed by atoms with van der Waals surface area (Å²) >= 11 is 8.50. The second-order valence-electron chi connectivity index (χ2n) is 13.0. The second kappa shape index (κ2) is 18.0. The summed E-state index contributed by atoms with van der Waals surface area (Å²) in [6.45, 7) is 0. The zero-order chi connectivity index (χ0) is 40.6. The maximum Gasteiger partial charge on any atom is 0.287 e. The van der Waals surface area contributed by atoms with E-state index < -0.39 is 5.24 Å². The van der Waals surface area contributed by atoms with Crippen LogP contribution in [0.4, 0.5) is 5.69 Å². The summed E-state index contributed by atoms with van der Waals surface area (Å²) in [6, 6.07) is 45.7. The number of anilines is 1. The van der Waals surface area contributed by atoms with Crippen molar-refractivity contribution in [2.75, 3.05) is 5.73 Å². The third-order valence-electron chi connectivity index (χ3n) is 8.85. The molecule has 59 heavy (non-hydrogen) atoms. The Morgan fingerprint density at radius 2 is 1.07 bits per heavy atom. The zero-order valence-corrected chi connectivity index (χ0v) is 33.5. The molecule has 0 spiro atoms. The Hall–Kier alpha value is -7.05. The van der Waals surface area contributed by atoms with Gasteiger partial charge in [-0.25, -0.2) is 9.97 Å². The molecule has 288 valence electrons. The van der Waals surface area contributed by atoms with E-state index in [0.29, 0.717) is 17.3 Å². The topological polar surface area (TPSA) is 138 Å². The molecule has 0 saturated carbocycles. The van der Waals surface area contributed by atoms with Crippen molar-refractivity contribution in [1.82, 2.24) is 19.9 Å². The summed E-state index contributed by atoms with van der Waals surface area (Å²) < 4.78 is 13.2. The molecule has 2 N–H and O–H groups in total. The molecule has 6 aromatic heterocycles. The number of pyridine rings is 2. The monoisotopic (exact) mass is 829 g/mol. The first kappa shape index (κ1) is 38.8. The van der Waals surface area contributed by atoms with E-state index >= 15 is 0 Å². The van der Waals surface area contributed by atoms with Crippen LogP contribution in [0.3, 0.4) is 0 Å². The highest BCUT2D eigenvalue weighted by molar-refractivity contribution is 7.22. The number of carbonyl (C=O) groups is 2. The number of nitrogens with two attached hydrogens (primary N) is 1. The minimum absolute atomic E-state index is 0.0437. The van der Waals surface area contributed by atoms with Crippen molar-refractivity contribution in [2.45, 2.75) is 6.42 Å². The summed E-state index contributed by atoms with van der Waals surface area (Å²) in [5.74, 6) is 1.85. The quantitative estimate of drug-likeness (QED) is 0.0901.